The van der Waals surface area contributed by atoms with Gasteiger partial charge in [0.15, 0.2) is 0 Å². The van der Waals surface area contributed by atoms with Gasteiger partial charge in [0.2, 0.25) is 0 Å². The first-order valence-corrected chi connectivity index (χ1v) is 7.91. The molecule has 0 saturated carbocycles. The highest BCUT2D eigenvalue weighted by Crippen LogP contribution is 2.17. The van der Waals surface area contributed by atoms with Gasteiger partial charge in [0.1, 0.15) is 12.1 Å². The van der Waals surface area contributed by atoms with Crippen LogP contribution >= 0.6 is 0 Å². The van der Waals surface area contributed by atoms with E-state index in [1.807, 2.05) is 31.2 Å². The van der Waals surface area contributed by atoms with Crippen LogP contribution in [-0.4, -0.2) is 34.6 Å². The number of rotatable bonds is 6. The first-order valence-electron chi connectivity index (χ1n) is 7.91. The molecule has 0 spiro atoms. The van der Waals surface area contributed by atoms with E-state index < -0.39 is 0 Å². The number of amides is 2. The predicted octanol–water partition coefficient (Wildman–Crippen LogP) is 1.94. The molecule has 0 atom stereocenters. The fourth-order valence-electron chi connectivity index (χ4n) is 2.41. The number of carbonyl (C=O) groups excluding carboxylic acids is 2. The lowest BCUT2D eigenvalue weighted by Crippen LogP contribution is -2.35. The van der Waals surface area contributed by atoms with Crippen molar-refractivity contribution in [1.29, 1.82) is 0 Å². The van der Waals surface area contributed by atoms with E-state index in [9.17, 15) is 9.59 Å². The van der Waals surface area contributed by atoms with Crippen molar-refractivity contribution >= 4 is 22.8 Å². The number of hydrogen-bond acceptors (Lipinski definition) is 4. The smallest absolute Gasteiger partial charge is 0.258 e. The molecule has 1 aromatic heterocycles. The SMILES string of the molecule is CCOc1ccccc1C(=O)NCC(=O)Nn1cnc2ccccc21. The van der Waals surface area contributed by atoms with Crippen molar-refractivity contribution in [2.75, 3.05) is 18.6 Å². The molecule has 7 heteroatoms. The fraction of sp³-hybridized carbons (Fsp3) is 0.167. The summed E-state index contributed by atoms with van der Waals surface area (Å²) in [6.07, 6.45) is 1.52. The summed E-state index contributed by atoms with van der Waals surface area (Å²) < 4.78 is 6.95. The predicted molar refractivity (Wildman–Crippen MR) is 94.0 cm³/mol. The van der Waals surface area contributed by atoms with Crippen LogP contribution in [0.3, 0.4) is 0 Å². The largest absolute Gasteiger partial charge is 0.493 e. The van der Waals surface area contributed by atoms with Gasteiger partial charge in [0.25, 0.3) is 11.8 Å². The molecule has 2 N–H and O–H groups in total. The summed E-state index contributed by atoms with van der Waals surface area (Å²) >= 11 is 0. The molecular weight excluding hydrogens is 320 g/mol. The molecule has 0 unspecified atom stereocenters. The zero-order chi connectivity index (χ0) is 17.6. The first-order chi connectivity index (χ1) is 12.2. The zero-order valence-corrected chi connectivity index (χ0v) is 13.7. The second-order valence-electron chi connectivity index (χ2n) is 5.25. The Hall–Kier alpha value is -3.35. The Kier molecular flexibility index (Phi) is 4.94. The number of nitrogens with zero attached hydrogens (tertiary/aromatic N) is 2. The van der Waals surface area contributed by atoms with Gasteiger partial charge in [-0.3, -0.25) is 15.0 Å². The average Bonchev–Trinajstić information content (AvgIpc) is 3.03. The number of fused-ring (bicyclic) bond motifs is 1. The summed E-state index contributed by atoms with van der Waals surface area (Å²) in [4.78, 5) is 28.6. The molecule has 7 nitrogen and oxygen atoms in total. The second kappa shape index (κ2) is 7.48. The molecule has 3 aromatic rings. The normalized spacial score (nSPS) is 10.4. The molecule has 0 radical (unpaired) electrons. The molecule has 0 bridgehead atoms. The molecule has 3 rings (SSSR count). The Morgan fingerprint density at radius 3 is 2.72 bits per heavy atom. The standard InChI is InChI=1S/C18H18N4O3/c1-2-25-16-10-6-3-7-13(16)18(24)19-11-17(23)21-22-12-20-14-8-4-5-9-15(14)22/h3-10,12H,2,11H2,1H3,(H,19,24)(H,21,23). The summed E-state index contributed by atoms with van der Waals surface area (Å²) in [6.45, 7) is 2.14. The Bertz CT molecular complexity index is 904. The molecule has 0 aliphatic carbocycles. The Labute approximate surface area is 144 Å². The number of imidazole rings is 1. The lowest BCUT2D eigenvalue weighted by Gasteiger charge is -2.11. The minimum Gasteiger partial charge on any atom is -0.493 e. The number of ether oxygens (including phenoxy) is 1. The summed E-state index contributed by atoms with van der Waals surface area (Å²) in [7, 11) is 0. The van der Waals surface area contributed by atoms with Crippen molar-refractivity contribution < 1.29 is 14.3 Å². The minimum atomic E-state index is -0.366. The summed E-state index contributed by atoms with van der Waals surface area (Å²) in [5.41, 5.74) is 4.63. The maximum Gasteiger partial charge on any atom is 0.258 e. The van der Waals surface area contributed by atoms with E-state index in [0.29, 0.717) is 17.9 Å². The van der Waals surface area contributed by atoms with Crippen molar-refractivity contribution in [3.05, 3.63) is 60.4 Å². The van der Waals surface area contributed by atoms with Gasteiger partial charge in [-0.15, -0.1) is 0 Å². The third kappa shape index (κ3) is 3.77. The van der Waals surface area contributed by atoms with Crippen molar-refractivity contribution in [2.45, 2.75) is 6.92 Å². The van der Waals surface area contributed by atoms with Gasteiger partial charge in [-0.2, -0.15) is 0 Å². The summed E-state index contributed by atoms with van der Waals surface area (Å²) in [6, 6.07) is 14.3. The molecule has 0 aliphatic heterocycles. The van der Waals surface area contributed by atoms with E-state index in [1.165, 1.54) is 11.0 Å². The molecule has 0 fully saturated rings. The third-order valence-corrected chi connectivity index (χ3v) is 3.54. The number of carbonyl (C=O) groups is 2. The van der Waals surface area contributed by atoms with Crippen LogP contribution in [0.25, 0.3) is 11.0 Å². The second-order valence-corrected chi connectivity index (χ2v) is 5.25. The number of benzene rings is 2. The van der Waals surface area contributed by atoms with E-state index >= 15 is 0 Å². The quantitative estimate of drug-likeness (QED) is 0.719. The van der Waals surface area contributed by atoms with Gasteiger partial charge >= 0.3 is 0 Å². The number of hydrogen-bond donors (Lipinski definition) is 2. The van der Waals surface area contributed by atoms with E-state index in [2.05, 4.69) is 15.7 Å². The Balaban J connectivity index is 1.62. The van der Waals surface area contributed by atoms with Crippen LogP contribution in [-0.2, 0) is 4.79 Å². The van der Waals surface area contributed by atoms with Crippen molar-refractivity contribution in [1.82, 2.24) is 15.0 Å². The molecule has 2 amide bonds. The highest BCUT2D eigenvalue weighted by Gasteiger charge is 2.13. The van der Waals surface area contributed by atoms with Crippen molar-refractivity contribution in [2.24, 2.45) is 0 Å². The topological polar surface area (TPSA) is 85.2 Å². The first kappa shape index (κ1) is 16.5. The molecular formula is C18H18N4O3. The summed E-state index contributed by atoms with van der Waals surface area (Å²) in [5, 5.41) is 2.59. The van der Waals surface area contributed by atoms with E-state index in [4.69, 9.17) is 4.74 Å². The molecule has 25 heavy (non-hydrogen) atoms. The van der Waals surface area contributed by atoms with Crippen molar-refractivity contribution in [3.63, 3.8) is 0 Å². The number of nitrogens with one attached hydrogen (secondary N) is 2. The summed E-state index contributed by atoms with van der Waals surface area (Å²) in [5.74, 6) is -0.233. The fourth-order valence-corrected chi connectivity index (χ4v) is 2.41. The molecule has 0 aliphatic rings. The minimum absolute atomic E-state index is 0.161. The Morgan fingerprint density at radius 1 is 1.12 bits per heavy atom. The van der Waals surface area contributed by atoms with E-state index in [0.717, 1.165) is 11.0 Å². The van der Waals surface area contributed by atoms with E-state index in [-0.39, 0.29) is 18.4 Å². The lowest BCUT2D eigenvalue weighted by molar-refractivity contribution is -0.116. The average molecular weight is 338 g/mol. The zero-order valence-electron chi connectivity index (χ0n) is 13.7. The third-order valence-electron chi connectivity index (χ3n) is 3.54. The molecule has 0 saturated heterocycles. The monoisotopic (exact) mass is 338 g/mol. The number of para-hydroxylation sites is 3. The van der Waals surface area contributed by atoms with Crippen LogP contribution in [0.2, 0.25) is 0 Å². The van der Waals surface area contributed by atoms with Crippen LogP contribution < -0.4 is 15.5 Å². The van der Waals surface area contributed by atoms with Gasteiger partial charge < -0.3 is 10.1 Å². The maximum atomic E-state index is 12.3. The van der Waals surface area contributed by atoms with Gasteiger partial charge in [-0.25, -0.2) is 9.66 Å². The van der Waals surface area contributed by atoms with Crippen LogP contribution in [0.5, 0.6) is 5.75 Å². The number of aromatic nitrogens is 2. The van der Waals surface area contributed by atoms with E-state index in [1.54, 1.807) is 24.3 Å². The van der Waals surface area contributed by atoms with Crippen LogP contribution in [0.15, 0.2) is 54.9 Å². The van der Waals surface area contributed by atoms with Gasteiger partial charge in [-0.1, -0.05) is 24.3 Å². The molecule has 2 aromatic carbocycles. The molecule has 128 valence electrons. The van der Waals surface area contributed by atoms with Crippen molar-refractivity contribution in [3.8, 4) is 5.75 Å². The maximum absolute atomic E-state index is 12.3. The van der Waals surface area contributed by atoms with Gasteiger partial charge in [0.05, 0.1) is 29.7 Å². The van der Waals surface area contributed by atoms with Crippen LogP contribution in [0.4, 0.5) is 0 Å². The highest BCUT2D eigenvalue weighted by molar-refractivity contribution is 5.99. The lowest BCUT2D eigenvalue weighted by atomic mass is 10.2. The highest BCUT2D eigenvalue weighted by atomic mass is 16.5. The van der Waals surface area contributed by atoms with Gasteiger partial charge in [-0.05, 0) is 31.2 Å². The van der Waals surface area contributed by atoms with Crippen LogP contribution in [0, 0.1) is 0 Å². The molecule has 1 heterocycles. The van der Waals surface area contributed by atoms with Gasteiger partial charge in [0, 0.05) is 0 Å². The Morgan fingerprint density at radius 2 is 1.88 bits per heavy atom. The van der Waals surface area contributed by atoms with Crippen LogP contribution in [0.1, 0.15) is 17.3 Å².